The molecule has 0 saturated carbocycles. The number of nitrogens with zero attached hydrogens (tertiary/aromatic N) is 1. The lowest BCUT2D eigenvalue weighted by Gasteiger charge is -1.94. The topological polar surface area (TPSA) is 64.4 Å². The highest BCUT2D eigenvalue weighted by Crippen LogP contribution is 2.00. The van der Waals surface area contributed by atoms with Crippen molar-refractivity contribution >= 4 is 5.91 Å². The van der Waals surface area contributed by atoms with Crippen LogP contribution < -0.4 is 5.48 Å². The molecule has 11 heavy (non-hydrogen) atoms. The number of rotatable bonds is 2. The Kier molecular flexibility index (Phi) is 2.22. The van der Waals surface area contributed by atoms with Crippen molar-refractivity contribution in [3.05, 3.63) is 17.8 Å². The summed E-state index contributed by atoms with van der Waals surface area (Å²) in [6.45, 7) is 1.70. The molecule has 1 aromatic heterocycles. The van der Waals surface area contributed by atoms with Crippen molar-refractivity contribution in [2.75, 3.05) is 7.11 Å². The Hall–Kier alpha value is -1.36. The van der Waals surface area contributed by atoms with Crippen molar-refractivity contribution < 1.29 is 14.0 Å². The van der Waals surface area contributed by atoms with E-state index in [9.17, 15) is 4.79 Å². The van der Waals surface area contributed by atoms with Crippen LogP contribution in [0, 0.1) is 6.92 Å². The van der Waals surface area contributed by atoms with E-state index >= 15 is 0 Å². The molecule has 60 valence electrons. The molecule has 0 radical (unpaired) electrons. The smallest absolute Gasteiger partial charge is 0.330 e. The Labute approximate surface area is 63.3 Å². The van der Waals surface area contributed by atoms with Crippen LogP contribution >= 0.6 is 0 Å². The highest BCUT2D eigenvalue weighted by Gasteiger charge is 2.10. The van der Waals surface area contributed by atoms with Crippen molar-refractivity contribution in [1.29, 1.82) is 0 Å². The average molecular weight is 156 g/mol. The third-order valence-electron chi connectivity index (χ3n) is 1.01. The molecule has 0 bridgehead atoms. The van der Waals surface area contributed by atoms with Crippen LogP contribution in [-0.4, -0.2) is 18.0 Å². The number of hydrogen-bond acceptors (Lipinski definition) is 4. The lowest BCUT2D eigenvalue weighted by molar-refractivity contribution is 0.0501. The summed E-state index contributed by atoms with van der Waals surface area (Å²) < 4.78 is 4.89. The van der Waals surface area contributed by atoms with Gasteiger partial charge in [-0.3, -0.25) is 9.63 Å². The largest absolute Gasteiger partial charge is 0.438 e. The van der Waals surface area contributed by atoms with Crippen molar-refractivity contribution in [3.63, 3.8) is 0 Å². The van der Waals surface area contributed by atoms with Crippen LogP contribution in [0.3, 0.4) is 0 Å². The second kappa shape index (κ2) is 3.16. The highest BCUT2D eigenvalue weighted by atomic mass is 16.6. The van der Waals surface area contributed by atoms with Gasteiger partial charge in [0.2, 0.25) is 0 Å². The molecule has 0 aliphatic rings. The van der Waals surface area contributed by atoms with Gasteiger partial charge in [0.1, 0.15) is 5.76 Å². The first-order valence-electron chi connectivity index (χ1n) is 3.00. The summed E-state index contributed by atoms with van der Waals surface area (Å²) in [5.41, 5.74) is 2.08. The van der Waals surface area contributed by atoms with Crippen LogP contribution in [0.15, 0.2) is 10.6 Å². The minimum Gasteiger partial charge on any atom is -0.438 e. The Morgan fingerprint density at radius 3 is 3.00 bits per heavy atom. The number of oxazole rings is 1. The first-order valence-corrected chi connectivity index (χ1v) is 3.00. The number of aromatic nitrogens is 1. The Balaban J connectivity index is 2.69. The maximum atomic E-state index is 10.9. The van der Waals surface area contributed by atoms with Gasteiger partial charge in [0, 0.05) is 0 Å². The SMILES string of the molecule is CONC(=O)c1ncc(C)o1. The first kappa shape index (κ1) is 7.74. The van der Waals surface area contributed by atoms with Gasteiger partial charge in [-0.1, -0.05) is 0 Å². The molecule has 0 fully saturated rings. The molecule has 0 saturated heterocycles. The quantitative estimate of drug-likeness (QED) is 0.624. The molecule has 0 atom stereocenters. The van der Waals surface area contributed by atoms with Gasteiger partial charge < -0.3 is 4.42 Å². The van der Waals surface area contributed by atoms with E-state index in [2.05, 4.69) is 15.3 Å². The van der Waals surface area contributed by atoms with E-state index in [0.717, 1.165) is 0 Å². The lowest BCUT2D eigenvalue weighted by atomic mass is 10.6. The number of aryl methyl sites for hydroxylation is 1. The van der Waals surface area contributed by atoms with Crippen LogP contribution in [0.2, 0.25) is 0 Å². The summed E-state index contributed by atoms with van der Waals surface area (Å²) in [5.74, 6) is 0.108. The minimum absolute atomic E-state index is 0.00403. The molecule has 1 amide bonds. The summed E-state index contributed by atoms with van der Waals surface area (Å²) >= 11 is 0. The van der Waals surface area contributed by atoms with E-state index in [4.69, 9.17) is 4.42 Å². The molecule has 0 unspecified atom stereocenters. The third kappa shape index (κ3) is 1.78. The standard InChI is InChI=1S/C6H8N2O3/c1-4-3-7-6(11-4)5(9)8-10-2/h3H,1-2H3,(H,8,9). The number of nitrogens with one attached hydrogen (secondary N) is 1. The maximum absolute atomic E-state index is 10.9. The van der Waals surface area contributed by atoms with Crippen LogP contribution in [0.1, 0.15) is 16.4 Å². The van der Waals surface area contributed by atoms with Crippen molar-refractivity contribution in [2.24, 2.45) is 0 Å². The number of hydroxylamine groups is 1. The normalized spacial score (nSPS) is 9.64. The fourth-order valence-corrected chi connectivity index (χ4v) is 0.596. The second-order valence-electron chi connectivity index (χ2n) is 1.91. The van der Waals surface area contributed by atoms with Gasteiger partial charge in [-0.05, 0) is 6.92 Å². The summed E-state index contributed by atoms with van der Waals surface area (Å²) in [4.78, 5) is 18.9. The third-order valence-corrected chi connectivity index (χ3v) is 1.01. The molecule has 0 aliphatic carbocycles. The van der Waals surface area contributed by atoms with Crippen molar-refractivity contribution in [1.82, 2.24) is 10.5 Å². The molecule has 1 N–H and O–H groups in total. The van der Waals surface area contributed by atoms with Gasteiger partial charge in [0.05, 0.1) is 13.3 Å². The highest BCUT2D eigenvalue weighted by molar-refractivity contribution is 5.88. The summed E-state index contributed by atoms with van der Waals surface area (Å²) in [5, 5.41) is 0. The van der Waals surface area contributed by atoms with Crippen molar-refractivity contribution in [3.8, 4) is 0 Å². The maximum Gasteiger partial charge on any atom is 0.330 e. The first-order chi connectivity index (χ1) is 5.24. The molecule has 1 rings (SSSR count). The van der Waals surface area contributed by atoms with E-state index in [1.807, 2.05) is 0 Å². The molecular formula is C6H8N2O3. The van der Waals surface area contributed by atoms with Gasteiger partial charge in [-0.15, -0.1) is 0 Å². The Morgan fingerprint density at radius 1 is 1.82 bits per heavy atom. The van der Waals surface area contributed by atoms with Gasteiger partial charge in [-0.25, -0.2) is 10.5 Å². The van der Waals surface area contributed by atoms with Crippen LogP contribution in [0.5, 0.6) is 0 Å². The van der Waals surface area contributed by atoms with Crippen molar-refractivity contribution in [2.45, 2.75) is 6.92 Å². The number of hydrogen-bond donors (Lipinski definition) is 1. The zero-order valence-electron chi connectivity index (χ0n) is 6.25. The van der Waals surface area contributed by atoms with Gasteiger partial charge in [-0.2, -0.15) is 0 Å². The molecular weight excluding hydrogens is 148 g/mol. The van der Waals surface area contributed by atoms with Gasteiger partial charge in [0.15, 0.2) is 0 Å². The van der Waals surface area contributed by atoms with E-state index in [1.165, 1.54) is 13.3 Å². The fourth-order valence-electron chi connectivity index (χ4n) is 0.596. The number of carbonyl (C=O) groups excluding carboxylic acids is 1. The Morgan fingerprint density at radius 2 is 2.55 bits per heavy atom. The predicted molar refractivity (Wildman–Crippen MR) is 35.7 cm³/mol. The summed E-state index contributed by atoms with van der Waals surface area (Å²) in [6, 6.07) is 0. The second-order valence-corrected chi connectivity index (χ2v) is 1.91. The molecule has 5 heteroatoms. The van der Waals surface area contributed by atoms with Crippen LogP contribution in [0.4, 0.5) is 0 Å². The van der Waals surface area contributed by atoms with Gasteiger partial charge >= 0.3 is 5.91 Å². The zero-order chi connectivity index (χ0) is 8.27. The molecule has 0 aromatic carbocycles. The lowest BCUT2D eigenvalue weighted by Crippen LogP contribution is -2.21. The van der Waals surface area contributed by atoms with E-state index < -0.39 is 5.91 Å². The van der Waals surface area contributed by atoms with E-state index in [1.54, 1.807) is 6.92 Å². The van der Waals surface area contributed by atoms with Gasteiger partial charge in [0.25, 0.3) is 5.89 Å². The number of amides is 1. The number of carbonyl (C=O) groups is 1. The van der Waals surface area contributed by atoms with E-state index in [-0.39, 0.29) is 5.89 Å². The molecule has 0 aliphatic heterocycles. The average Bonchev–Trinajstić information content (AvgIpc) is 2.36. The summed E-state index contributed by atoms with van der Waals surface area (Å²) in [6.07, 6.45) is 1.46. The Bertz CT molecular complexity index is 256. The zero-order valence-corrected chi connectivity index (χ0v) is 6.25. The minimum atomic E-state index is -0.486. The molecule has 5 nitrogen and oxygen atoms in total. The monoisotopic (exact) mass is 156 g/mol. The van der Waals surface area contributed by atoms with Crippen LogP contribution in [-0.2, 0) is 4.84 Å². The predicted octanol–water partition coefficient (Wildman–Crippen LogP) is 0.274. The molecule has 1 heterocycles. The molecule has 0 spiro atoms. The molecule has 1 aromatic rings. The fraction of sp³-hybridized carbons (Fsp3) is 0.333. The summed E-state index contributed by atoms with van der Waals surface area (Å²) in [7, 11) is 1.34. The van der Waals surface area contributed by atoms with E-state index in [0.29, 0.717) is 5.76 Å². The van der Waals surface area contributed by atoms with Crippen LogP contribution in [0.25, 0.3) is 0 Å².